The van der Waals surface area contributed by atoms with E-state index in [4.69, 9.17) is 32.7 Å². The number of anilines is 1. The smallest absolute Gasteiger partial charge is 0.337 e. The van der Waals surface area contributed by atoms with Gasteiger partial charge in [0.15, 0.2) is 0 Å². The number of benzene rings is 3. The monoisotopic (exact) mass is 512 g/mol. The van der Waals surface area contributed by atoms with E-state index in [0.717, 1.165) is 0 Å². The van der Waals surface area contributed by atoms with Crippen molar-refractivity contribution in [2.24, 2.45) is 5.92 Å². The summed E-state index contributed by atoms with van der Waals surface area (Å²) in [5.74, 6) is -0.576. The Hall–Kier alpha value is -3.55. The molecule has 4 rings (SSSR count). The van der Waals surface area contributed by atoms with Crippen LogP contribution in [0.1, 0.15) is 34.8 Å². The van der Waals surface area contributed by atoms with Crippen LogP contribution in [-0.4, -0.2) is 24.9 Å². The summed E-state index contributed by atoms with van der Waals surface area (Å²) in [7, 11) is 1.31. The summed E-state index contributed by atoms with van der Waals surface area (Å²) in [5, 5.41) is 6.73. The standard InChI is InChI=1S/C26H22Cl2N2O5/c1-34-26(33)15-5-8-19(9-6-15)35-22-11-7-17(28)14-21(22)24-20(10-12-23(31)30-24)25(32)29-18-4-2-3-16(27)13-18/h2-9,11,13-14,20,24H,10,12H2,1H3,(H,29,32)(H,30,31)/t20?,24-/m0/s1. The Morgan fingerprint density at radius 2 is 1.74 bits per heavy atom. The molecule has 0 aromatic heterocycles. The second-order valence-corrected chi connectivity index (χ2v) is 8.86. The van der Waals surface area contributed by atoms with Crippen molar-refractivity contribution in [1.29, 1.82) is 0 Å². The molecule has 7 nitrogen and oxygen atoms in total. The second kappa shape index (κ2) is 10.8. The van der Waals surface area contributed by atoms with Crippen molar-refractivity contribution >= 4 is 46.7 Å². The molecular formula is C26H22Cl2N2O5. The number of methoxy groups -OCH3 is 1. The number of esters is 1. The van der Waals surface area contributed by atoms with Crippen LogP contribution < -0.4 is 15.4 Å². The first-order valence-electron chi connectivity index (χ1n) is 10.9. The highest BCUT2D eigenvalue weighted by molar-refractivity contribution is 6.31. The van der Waals surface area contributed by atoms with Crippen LogP contribution in [0.15, 0.2) is 66.7 Å². The van der Waals surface area contributed by atoms with Crippen LogP contribution in [0, 0.1) is 5.92 Å². The molecule has 1 aliphatic rings. The maximum Gasteiger partial charge on any atom is 0.337 e. The SMILES string of the molecule is COC(=O)c1ccc(Oc2ccc(Cl)cc2[C@H]2NC(=O)CCC2C(=O)Nc2cccc(Cl)c2)cc1. The highest BCUT2D eigenvalue weighted by Gasteiger charge is 2.37. The first-order chi connectivity index (χ1) is 16.8. The molecule has 9 heteroatoms. The van der Waals surface area contributed by atoms with Gasteiger partial charge in [-0.1, -0.05) is 29.3 Å². The summed E-state index contributed by atoms with van der Waals surface area (Å²) in [5.41, 5.74) is 1.51. The van der Waals surface area contributed by atoms with Crippen LogP contribution in [0.25, 0.3) is 0 Å². The maximum absolute atomic E-state index is 13.2. The molecule has 1 aliphatic heterocycles. The van der Waals surface area contributed by atoms with E-state index in [-0.39, 0.29) is 18.2 Å². The quantitative estimate of drug-likeness (QED) is 0.408. The number of ether oxygens (including phenoxy) is 2. The lowest BCUT2D eigenvalue weighted by atomic mass is 9.84. The molecule has 0 bridgehead atoms. The van der Waals surface area contributed by atoms with E-state index in [0.29, 0.717) is 44.8 Å². The number of hydrogen-bond acceptors (Lipinski definition) is 5. The zero-order valence-corrected chi connectivity index (χ0v) is 20.2. The maximum atomic E-state index is 13.2. The lowest BCUT2D eigenvalue weighted by Gasteiger charge is -2.32. The number of halogens is 2. The summed E-state index contributed by atoms with van der Waals surface area (Å²) in [6.07, 6.45) is 0.568. The summed E-state index contributed by atoms with van der Waals surface area (Å²) in [6, 6.07) is 17.6. The van der Waals surface area contributed by atoms with Gasteiger partial charge in [0.25, 0.3) is 0 Å². The zero-order valence-electron chi connectivity index (χ0n) is 18.7. The van der Waals surface area contributed by atoms with Crippen LogP contribution in [0.2, 0.25) is 10.0 Å². The molecule has 1 unspecified atom stereocenters. The van der Waals surface area contributed by atoms with Gasteiger partial charge >= 0.3 is 5.97 Å². The average molecular weight is 513 g/mol. The first-order valence-corrected chi connectivity index (χ1v) is 11.6. The lowest BCUT2D eigenvalue weighted by molar-refractivity contribution is -0.128. The van der Waals surface area contributed by atoms with Gasteiger partial charge in [0.05, 0.1) is 24.6 Å². The fraction of sp³-hybridized carbons (Fsp3) is 0.192. The minimum atomic E-state index is -0.668. The highest BCUT2D eigenvalue weighted by atomic mass is 35.5. The minimum absolute atomic E-state index is 0.171. The van der Waals surface area contributed by atoms with Crippen LogP contribution in [0.5, 0.6) is 11.5 Å². The number of carbonyl (C=O) groups is 3. The van der Waals surface area contributed by atoms with E-state index in [1.54, 1.807) is 66.7 Å². The summed E-state index contributed by atoms with van der Waals surface area (Å²) in [4.78, 5) is 37.3. The molecule has 1 fully saturated rings. The first kappa shape index (κ1) is 24.6. The highest BCUT2D eigenvalue weighted by Crippen LogP contribution is 2.39. The normalized spacial score (nSPS) is 17.3. The van der Waals surface area contributed by atoms with Crippen molar-refractivity contribution in [2.75, 3.05) is 12.4 Å². The number of nitrogens with one attached hydrogen (secondary N) is 2. The molecule has 0 spiro atoms. The molecule has 2 amide bonds. The summed E-state index contributed by atoms with van der Waals surface area (Å²) in [6.45, 7) is 0. The van der Waals surface area contributed by atoms with E-state index in [1.165, 1.54) is 7.11 Å². The molecular weight excluding hydrogens is 491 g/mol. The Balaban J connectivity index is 1.63. The van der Waals surface area contributed by atoms with Crippen LogP contribution >= 0.6 is 23.2 Å². The second-order valence-electron chi connectivity index (χ2n) is 7.99. The number of amides is 2. The van der Waals surface area contributed by atoms with Gasteiger partial charge in [0, 0.05) is 27.7 Å². The molecule has 1 saturated heterocycles. The molecule has 0 saturated carbocycles. The summed E-state index contributed by atoms with van der Waals surface area (Å²) >= 11 is 12.3. The molecule has 180 valence electrons. The van der Waals surface area contributed by atoms with Gasteiger partial charge in [-0.15, -0.1) is 0 Å². The molecule has 2 atom stereocenters. The Morgan fingerprint density at radius 3 is 2.46 bits per heavy atom. The van der Waals surface area contributed by atoms with Crippen molar-refractivity contribution < 1.29 is 23.9 Å². The Bertz CT molecular complexity index is 1260. The van der Waals surface area contributed by atoms with Crippen molar-refractivity contribution in [1.82, 2.24) is 5.32 Å². The van der Waals surface area contributed by atoms with Crippen LogP contribution in [-0.2, 0) is 14.3 Å². The third-order valence-electron chi connectivity index (χ3n) is 5.64. The fourth-order valence-corrected chi connectivity index (χ4v) is 4.31. The molecule has 0 radical (unpaired) electrons. The average Bonchev–Trinajstić information content (AvgIpc) is 2.85. The van der Waals surface area contributed by atoms with Gasteiger partial charge < -0.3 is 20.1 Å². The third-order valence-corrected chi connectivity index (χ3v) is 6.11. The van der Waals surface area contributed by atoms with Gasteiger partial charge in [-0.25, -0.2) is 4.79 Å². The van der Waals surface area contributed by atoms with Gasteiger partial charge in [-0.2, -0.15) is 0 Å². The topological polar surface area (TPSA) is 93.7 Å². The zero-order chi connectivity index (χ0) is 24.9. The van der Waals surface area contributed by atoms with E-state index in [1.807, 2.05) is 0 Å². The molecule has 0 aliphatic carbocycles. The van der Waals surface area contributed by atoms with Crippen molar-refractivity contribution in [3.8, 4) is 11.5 Å². The number of carbonyl (C=O) groups excluding carboxylic acids is 3. The third kappa shape index (κ3) is 5.93. The Morgan fingerprint density at radius 1 is 1.00 bits per heavy atom. The number of rotatable bonds is 6. The van der Waals surface area contributed by atoms with Crippen molar-refractivity contribution in [2.45, 2.75) is 18.9 Å². The van der Waals surface area contributed by atoms with Gasteiger partial charge in [0.1, 0.15) is 11.5 Å². The van der Waals surface area contributed by atoms with E-state index >= 15 is 0 Å². The predicted octanol–water partition coefficient (Wildman–Crippen LogP) is 5.78. The predicted molar refractivity (Wildman–Crippen MR) is 133 cm³/mol. The van der Waals surface area contributed by atoms with E-state index in [2.05, 4.69) is 10.6 Å². The lowest BCUT2D eigenvalue weighted by Crippen LogP contribution is -2.43. The molecule has 2 N–H and O–H groups in total. The number of piperidine rings is 1. The van der Waals surface area contributed by atoms with Crippen LogP contribution in [0.3, 0.4) is 0 Å². The molecule has 3 aromatic rings. The molecule has 3 aromatic carbocycles. The minimum Gasteiger partial charge on any atom is -0.465 e. The fourth-order valence-electron chi connectivity index (χ4n) is 3.94. The number of hydrogen-bond donors (Lipinski definition) is 2. The Labute approximate surface area is 212 Å². The van der Waals surface area contributed by atoms with Gasteiger partial charge in [-0.3, -0.25) is 9.59 Å². The van der Waals surface area contributed by atoms with E-state index < -0.39 is 17.9 Å². The van der Waals surface area contributed by atoms with Crippen LogP contribution in [0.4, 0.5) is 5.69 Å². The van der Waals surface area contributed by atoms with Gasteiger partial charge in [-0.05, 0) is 67.1 Å². The molecule has 35 heavy (non-hydrogen) atoms. The molecule has 1 heterocycles. The van der Waals surface area contributed by atoms with Gasteiger partial charge in [0.2, 0.25) is 11.8 Å². The summed E-state index contributed by atoms with van der Waals surface area (Å²) < 4.78 is 10.8. The largest absolute Gasteiger partial charge is 0.465 e. The van der Waals surface area contributed by atoms with Crippen molar-refractivity contribution in [3.63, 3.8) is 0 Å². The Kier molecular flexibility index (Phi) is 7.58. The van der Waals surface area contributed by atoms with Crippen molar-refractivity contribution in [3.05, 3.63) is 87.9 Å². The van der Waals surface area contributed by atoms with E-state index in [9.17, 15) is 14.4 Å².